The molecule has 0 atom stereocenters. The zero-order valence-electron chi connectivity index (χ0n) is 15.7. The normalized spacial score (nSPS) is 20.2. The molecule has 1 aliphatic carbocycles. The fraction of sp³-hybridized carbons (Fsp3) is 0.667. The molecule has 1 aromatic rings. The number of carbonyl (C=O) groups is 1. The zero-order valence-corrected chi connectivity index (χ0v) is 15.7. The number of methoxy groups -OCH3 is 1. The minimum absolute atomic E-state index is 0.120. The zero-order chi connectivity index (χ0) is 18.1. The van der Waals surface area contributed by atoms with Crippen molar-refractivity contribution in [3.8, 4) is 11.5 Å². The number of aromatic hydroxyl groups is 1. The summed E-state index contributed by atoms with van der Waals surface area (Å²) in [6, 6.07) is 5.18. The van der Waals surface area contributed by atoms with E-state index >= 15 is 0 Å². The Labute approximate surface area is 152 Å². The smallest absolute Gasteiger partial charge is 0.223 e. The molecule has 4 heteroatoms. The minimum atomic E-state index is 0.120. The Balaban J connectivity index is 1.70. The Morgan fingerprint density at radius 3 is 2.64 bits per heavy atom. The first-order chi connectivity index (χ1) is 12.1. The summed E-state index contributed by atoms with van der Waals surface area (Å²) in [5.74, 6) is 1.70. The number of phenolic OH excluding ortho intramolecular Hbond substituents is 1. The number of nitrogens with one attached hydrogen (secondary N) is 1. The minimum Gasteiger partial charge on any atom is -0.504 e. The number of rotatable bonds is 9. The Kier molecular flexibility index (Phi) is 8.10. The van der Waals surface area contributed by atoms with Crippen LogP contribution < -0.4 is 10.1 Å². The molecule has 1 aromatic carbocycles. The van der Waals surface area contributed by atoms with Crippen LogP contribution in [0.2, 0.25) is 0 Å². The van der Waals surface area contributed by atoms with Crippen LogP contribution in [0, 0.1) is 11.8 Å². The molecule has 2 N–H and O–H groups in total. The fourth-order valence-electron chi connectivity index (χ4n) is 3.74. The van der Waals surface area contributed by atoms with Crippen molar-refractivity contribution in [2.45, 2.75) is 71.3 Å². The lowest BCUT2D eigenvalue weighted by molar-refractivity contribution is -0.126. The predicted octanol–water partition coefficient (Wildman–Crippen LogP) is 4.79. The summed E-state index contributed by atoms with van der Waals surface area (Å²) in [4.78, 5) is 12.4. The van der Waals surface area contributed by atoms with Crippen LogP contribution in [0.5, 0.6) is 11.5 Å². The molecule has 0 bridgehead atoms. The van der Waals surface area contributed by atoms with Gasteiger partial charge in [0.2, 0.25) is 5.91 Å². The number of hydrogen-bond acceptors (Lipinski definition) is 3. The van der Waals surface area contributed by atoms with E-state index in [2.05, 4.69) is 12.2 Å². The maximum Gasteiger partial charge on any atom is 0.223 e. The summed E-state index contributed by atoms with van der Waals surface area (Å²) in [5.41, 5.74) is 0.938. The van der Waals surface area contributed by atoms with Gasteiger partial charge in [-0.1, -0.05) is 45.1 Å². The molecule has 1 saturated carbocycles. The highest BCUT2D eigenvalue weighted by molar-refractivity contribution is 5.78. The van der Waals surface area contributed by atoms with Crippen LogP contribution in [-0.4, -0.2) is 18.1 Å². The molecule has 0 radical (unpaired) electrons. The van der Waals surface area contributed by atoms with Gasteiger partial charge in [-0.25, -0.2) is 0 Å². The van der Waals surface area contributed by atoms with Crippen molar-refractivity contribution in [1.82, 2.24) is 5.32 Å². The van der Waals surface area contributed by atoms with Gasteiger partial charge < -0.3 is 15.2 Å². The van der Waals surface area contributed by atoms with Gasteiger partial charge in [-0.2, -0.15) is 0 Å². The molecule has 0 heterocycles. The summed E-state index contributed by atoms with van der Waals surface area (Å²) in [5, 5.41) is 12.7. The van der Waals surface area contributed by atoms with Crippen molar-refractivity contribution in [2.24, 2.45) is 11.8 Å². The summed E-state index contributed by atoms with van der Waals surface area (Å²) < 4.78 is 5.11. The number of amides is 1. The van der Waals surface area contributed by atoms with Crippen molar-refractivity contribution in [3.63, 3.8) is 0 Å². The predicted molar refractivity (Wildman–Crippen MR) is 101 cm³/mol. The Morgan fingerprint density at radius 1 is 1.20 bits per heavy atom. The summed E-state index contributed by atoms with van der Waals surface area (Å²) in [6.45, 7) is 2.73. The van der Waals surface area contributed by atoms with E-state index in [1.54, 1.807) is 12.1 Å². The molecule has 0 aliphatic heterocycles. The molecule has 0 saturated heterocycles. The van der Waals surface area contributed by atoms with Gasteiger partial charge in [0.1, 0.15) is 0 Å². The number of ether oxygens (including phenoxy) is 1. The highest BCUT2D eigenvalue weighted by Gasteiger charge is 2.25. The van der Waals surface area contributed by atoms with Gasteiger partial charge in [-0.15, -0.1) is 0 Å². The van der Waals surface area contributed by atoms with E-state index in [1.807, 2.05) is 6.07 Å². The van der Waals surface area contributed by atoms with Crippen molar-refractivity contribution in [1.29, 1.82) is 0 Å². The van der Waals surface area contributed by atoms with Gasteiger partial charge in [0.15, 0.2) is 11.5 Å². The summed E-state index contributed by atoms with van der Waals surface area (Å²) in [7, 11) is 1.53. The first-order valence-corrected chi connectivity index (χ1v) is 9.77. The third kappa shape index (κ3) is 6.26. The van der Waals surface area contributed by atoms with Crippen molar-refractivity contribution in [2.75, 3.05) is 7.11 Å². The van der Waals surface area contributed by atoms with Crippen LogP contribution in [0.25, 0.3) is 0 Å². The van der Waals surface area contributed by atoms with E-state index in [1.165, 1.54) is 52.1 Å². The number of benzene rings is 1. The standard InChI is InChI=1S/C21H33NO3/c1-3-4-5-6-7-16-8-11-18(12-9-16)21(24)22-15-17-10-13-19(23)20(14-17)25-2/h10,13-14,16,18,23H,3-9,11-12,15H2,1-2H3,(H,22,24). The molecular formula is C21H33NO3. The largest absolute Gasteiger partial charge is 0.504 e. The molecule has 0 aromatic heterocycles. The molecule has 1 aliphatic rings. The molecule has 1 fully saturated rings. The van der Waals surface area contributed by atoms with E-state index in [9.17, 15) is 9.90 Å². The van der Waals surface area contributed by atoms with E-state index in [-0.39, 0.29) is 17.6 Å². The Bertz CT molecular complexity index is 536. The van der Waals surface area contributed by atoms with Gasteiger partial charge >= 0.3 is 0 Å². The topological polar surface area (TPSA) is 58.6 Å². The second kappa shape index (κ2) is 10.3. The van der Waals surface area contributed by atoms with Crippen molar-refractivity contribution >= 4 is 5.91 Å². The van der Waals surface area contributed by atoms with Gasteiger partial charge in [0.05, 0.1) is 7.11 Å². The van der Waals surface area contributed by atoms with Gasteiger partial charge in [-0.3, -0.25) is 4.79 Å². The third-order valence-electron chi connectivity index (χ3n) is 5.39. The van der Waals surface area contributed by atoms with Crippen LogP contribution in [0.1, 0.15) is 70.3 Å². The molecule has 2 rings (SSSR count). The van der Waals surface area contributed by atoms with Gasteiger partial charge in [0, 0.05) is 12.5 Å². The van der Waals surface area contributed by atoms with E-state index in [0.717, 1.165) is 24.3 Å². The van der Waals surface area contributed by atoms with Crippen molar-refractivity contribution in [3.05, 3.63) is 23.8 Å². The SMILES string of the molecule is CCCCCCC1CCC(C(=O)NCc2ccc(O)c(OC)c2)CC1. The first kappa shape index (κ1) is 19.6. The second-order valence-corrected chi connectivity index (χ2v) is 7.29. The van der Waals surface area contributed by atoms with Crippen LogP contribution >= 0.6 is 0 Å². The highest BCUT2D eigenvalue weighted by Crippen LogP contribution is 2.32. The van der Waals surface area contributed by atoms with Crippen LogP contribution in [0.15, 0.2) is 18.2 Å². The second-order valence-electron chi connectivity index (χ2n) is 7.29. The van der Waals surface area contributed by atoms with Crippen molar-refractivity contribution < 1.29 is 14.6 Å². The monoisotopic (exact) mass is 347 g/mol. The van der Waals surface area contributed by atoms with E-state index in [0.29, 0.717) is 12.3 Å². The number of phenols is 1. The summed E-state index contributed by atoms with van der Waals surface area (Å²) >= 11 is 0. The molecule has 4 nitrogen and oxygen atoms in total. The van der Waals surface area contributed by atoms with Gasteiger partial charge in [-0.05, 0) is 49.3 Å². The van der Waals surface area contributed by atoms with Crippen LogP contribution in [0.3, 0.4) is 0 Å². The fourth-order valence-corrected chi connectivity index (χ4v) is 3.74. The lowest BCUT2D eigenvalue weighted by Crippen LogP contribution is -2.32. The third-order valence-corrected chi connectivity index (χ3v) is 5.39. The lowest BCUT2D eigenvalue weighted by atomic mass is 9.79. The Morgan fingerprint density at radius 2 is 1.96 bits per heavy atom. The maximum absolute atomic E-state index is 12.4. The van der Waals surface area contributed by atoms with E-state index < -0.39 is 0 Å². The van der Waals surface area contributed by atoms with Crippen LogP contribution in [0.4, 0.5) is 0 Å². The number of carbonyl (C=O) groups excluding carboxylic acids is 1. The average Bonchev–Trinajstić information content (AvgIpc) is 2.65. The number of unbranched alkanes of at least 4 members (excludes halogenated alkanes) is 3. The Hall–Kier alpha value is -1.71. The lowest BCUT2D eigenvalue weighted by Gasteiger charge is -2.27. The molecule has 140 valence electrons. The quantitative estimate of drug-likeness (QED) is 0.631. The average molecular weight is 347 g/mol. The first-order valence-electron chi connectivity index (χ1n) is 9.77. The molecular weight excluding hydrogens is 314 g/mol. The number of hydrogen-bond donors (Lipinski definition) is 2. The molecule has 0 spiro atoms. The van der Waals surface area contributed by atoms with Crippen LogP contribution in [-0.2, 0) is 11.3 Å². The summed E-state index contributed by atoms with van der Waals surface area (Å²) in [6.07, 6.45) is 11.1. The molecule has 1 amide bonds. The maximum atomic E-state index is 12.4. The molecule has 0 unspecified atom stereocenters. The molecule has 25 heavy (non-hydrogen) atoms. The van der Waals surface area contributed by atoms with Gasteiger partial charge in [0.25, 0.3) is 0 Å². The van der Waals surface area contributed by atoms with E-state index in [4.69, 9.17) is 4.74 Å². The highest BCUT2D eigenvalue weighted by atomic mass is 16.5.